The van der Waals surface area contributed by atoms with Crippen LogP contribution in [0.1, 0.15) is 36.7 Å². The monoisotopic (exact) mass is 488 g/mol. The van der Waals surface area contributed by atoms with Gasteiger partial charge in [0.05, 0.1) is 17.8 Å². The summed E-state index contributed by atoms with van der Waals surface area (Å²) in [6, 6.07) is 14.9. The van der Waals surface area contributed by atoms with Crippen molar-refractivity contribution in [3.63, 3.8) is 0 Å². The van der Waals surface area contributed by atoms with Crippen LogP contribution in [0.3, 0.4) is 0 Å². The number of hydrogen-bond acceptors (Lipinski definition) is 5. The molecule has 4 atom stereocenters. The van der Waals surface area contributed by atoms with Gasteiger partial charge in [-0.05, 0) is 61.2 Å². The number of aliphatic hydroxyl groups is 1. The van der Waals surface area contributed by atoms with Gasteiger partial charge in [-0.2, -0.15) is 0 Å². The predicted octanol–water partition coefficient (Wildman–Crippen LogP) is 2.88. The van der Waals surface area contributed by atoms with E-state index < -0.39 is 6.04 Å². The Kier molecular flexibility index (Phi) is 5.93. The van der Waals surface area contributed by atoms with E-state index in [9.17, 15) is 19.1 Å². The van der Waals surface area contributed by atoms with Crippen molar-refractivity contribution in [3.05, 3.63) is 88.4 Å². The zero-order valence-electron chi connectivity index (χ0n) is 19.9. The highest BCUT2D eigenvalue weighted by Crippen LogP contribution is 2.50. The molecule has 3 aromatic rings. The number of carbonyl (C=O) groups is 1. The fraction of sp³-hybridized carbons (Fsp3) is 0.393. The molecule has 36 heavy (non-hydrogen) atoms. The van der Waals surface area contributed by atoms with Gasteiger partial charge in [-0.3, -0.25) is 19.5 Å². The minimum absolute atomic E-state index is 0.0547. The summed E-state index contributed by atoms with van der Waals surface area (Å²) >= 11 is 0. The van der Waals surface area contributed by atoms with Crippen molar-refractivity contribution in [3.8, 4) is 11.1 Å². The van der Waals surface area contributed by atoms with E-state index in [-0.39, 0.29) is 47.8 Å². The first-order valence-corrected chi connectivity index (χ1v) is 12.6. The van der Waals surface area contributed by atoms with Crippen LogP contribution in [-0.2, 0) is 17.9 Å². The van der Waals surface area contributed by atoms with Crippen molar-refractivity contribution in [2.24, 2.45) is 11.8 Å². The van der Waals surface area contributed by atoms with Crippen LogP contribution in [0.25, 0.3) is 11.1 Å². The second kappa shape index (κ2) is 9.26. The number of benzene rings is 1. The SMILES string of the molecule is O=C(NC1CCC1)[C@H]1[C@H](CO)[C@H]2Cn3c(ccc(-c4ccc(F)cc4)c3=O)[C@H]2N1Cc1ccccn1. The van der Waals surface area contributed by atoms with Gasteiger partial charge < -0.3 is 15.0 Å². The molecule has 186 valence electrons. The van der Waals surface area contributed by atoms with Crippen LogP contribution in [0, 0.1) is 17.7 Å². The molecular formula is C28H29FN4O3. The first-order valence-electron chi connectivity index (χ1n) is 12.6. The van der Waals surface area contributed by atoms with Gasteiger partial charge >= 0.3 is 0 Å². The summed E-state index contributed by atoms with van der Waals surface area (Å²) in [5.41, 5.74) is 2.70. The minimum atomic E-state index is -0.506. The maximum atomic E-state index is 13.5. The highest BCUT2D eigenvalue weighted by atomic mass is 19.1. The number of amides is 1. The van der Waals surface area contributed by atoms with Crippen molar-refractivity contribution < 1.29 is 14.3 Å². The molecule has 2 N–H and O–H groups in total. The van der Waals surface area contributed by atoms with Gasteiger partial charge in [-0.1, -0.05) is 18.2 Å². The molecule has 2 aliphatic heterocycles. The maximum absolute atomic E-state index is 13.5. The van der Waals surface area contributed by atoms with Crippen LogP contribution < -0.4 is 10.9 Å². The van der Waals surface area contributed by atoms with Crippen LogP contribution in [0.2, 0.25) is 0 Å². The Hall–Kier alpha value is -3.36. The molecule has 7 nitrogen and oxygen atoms in total. The first kappa shape index (κ1) is 23.1. The number of rotatable bonds is 6. The van der Waals surface area contributed by atoms with Gasteiger partial charge in [0.15, 0.2) is 0 Å². The third-order valence-corrected chi connectivity index (χ3v) is 8.14. The van der Waals surface area contributed by atoms with E-state index in [1.54, 1.807) is 29.0 Å². The standard InChI is InChI=1S/C28H29FN4O3/c29-18-9-7-17(8-10-18)21-11-12-24-25-22(15-32(24)28(21)36)23(16-34)26(27(35)31-19-5-3-6-19)33(25)14-20-4-1-2-13-30-20/h1-2,4,7-13,19,22-23,25-26,34H,3,5-6,14-16H2,(H,31,35)/t22-,23-,25+,26-/m1/s1. The maximum Gasteiger partial charge on any atom is 0.258 e. The fourth-order valence-corrected chi connectivity index (χ4v) is 6.15. The van der Waals surface area contributed by atoms with E-state index in [1.165, 1.54) is 12.1 Å². The normalized spacial score (nSPS) is 25.3. The topological polar surface area (TPSA) is 87.5 Å². The molecule has 0 unspecified atom stereocenters. The number of aromatic nitrogens is 2. The van der Waals surface area contributed by atoms with Crippen molar-refractivity contribution in [2.75, 3.05) is 6.61 Å². The van der Waals surface area contributed by atoms with Crippen molar-refractivity contribution in [2.45, 2.75) is 50.5 Å². The lowest BCUT2D eigenvalue weighted by Gasteiger charge is -2.34. The number of fused-ring (bicyclic) bond motifs is 3. The third kappa shape index (κ3) is 3.85. The molecule has 2 aromatic heterocycles. The Morgan fingerprint density at radius 2 is 1.92 bits per heavy atom. The Bertz CT molecular complexity index is 1320. The van der Waals surface area contributed by atoms with Crippen LogP contribution >= 0.6 is 0 Å². The number of pyridine rings is 2. The van der Waals surface area contributed by atoms with Crippen molar-refractivity contribution >= 4 is 5.91 Å². The lowest BCUT2D eigenvalue weighted by atomic mass is 9.87. The zero-order valence-corrected chi connectivity index (χ0v) is 19.9. The van der Waals surface area contributed by atoms with E-state index >= 15 is 0 Å². The van der Waals surface area contributed by atoms with E-state index in [0.29, 0.717) is 24.2 Å². The van der Waals surface area contributed by atoms with Gasteiger partial charge in [-0.15, -0.1) is 0 Å². The highest BCUT2D eigenvalue weighted by molar-refractivity contribution is 5.83. The van der Waals surface area contributed by atoms with Gasteiger partial charge in [0.2, 0.25) is 5.91 Å². The van der Waals surface area contributed by atoms with E-state index in [0.717, 1.165) is 30.7 Å². The number of nitrogens with zero attached hydrogens (tertiary/aromatic N) is 3. The quantitative estimate of drug-likeness (QED) is 0.557. The van der Waals surface area contributed by atoms with Gasteiger partial charge in [0.1, 0.15) is 5.82 Å². The van der Waals surface area contributed by atoms with Crippen molar-refractivity contribution in [1.29, 1.82) is 0 Å². The summed E-state index contributed by atoms with van der Waals surface area (Å²) in [5.74, 6) is -0.808. The largest absolute Gasteiger partial charge is 0.396 e. The van der Waals surface area contributed by atoms with Crippen molar-refractivity contribution in [1.82, 2.24) is 19.8 Å². The third-order valence-electron chi connectivity index (χ3n) is 8.14. The zero-order chi connectivity index (χ0) is 24.8. The first-order chi connectivity index (χ1) is 17.5. The Labute approximate surface area is 208 Å². The molecule has 1 aromatic carbocycles. The molecule has 0 radical (unpaired) electrons. The lowest BCUT2D eigenvalue weighted by Crippen LogP contribution is -2.52. The number of halogens is 1. The highest BCUT2D eigenvalue weighted by Gasteiger charge is 2.55. The van der Waals surface area contributed by atoms with Crippen LogP contribution in [0.15, 0.2) is 65.6 Å². The van der Waals surface area contributed by atoms with Gasteiger partial charge in [0.25, 0.3) is 5.56 Å². The average Bonchev–Trinajstić information content (AvgIpc) is 3.38. The second-order valence-corrected chi connectivity index (χ2v) is 10.1. The number of aliphatic hydroxyl groups excluding tert-OH is 1. The van der Waals surface area contributed by atoms with Crippen LogP contribution in [-0.4, -0.2) is 44.2 Å². The molecule has 8 heteroatoms. The predicted molar refractivity (Wildman–Crippen MR) is 132 cm³/mol. The Balaban J connectivity index is 1.40. The smallest absolute Gasteiger partial charge is 0.258 e. The molecule has 1 saturated heterocycles. The second-order valence-electron chi connectivity index (χ2n) is 10.1. The molecule has 2 fully saturated rings. The average molecular weight is 489 g/mol. The van der Waals surface area contributed by atoms with E-state index in [2.05, 4.69) is 15.2 Å². The molecule has 1 saturated carbocycles. The van der Waals surface area contributed by atoms with Gasteiger partial charge in [0, 0.05) is 55.0 Å². The van der Waals surface area contributed by atoms with E-state index in [1.807, 2.05) is 24.3 Å². The fourth-order valence-electron chi connectivity index (χ4n) is 6.15. The van der Waals surface area contributed by atoms with E-state index in [4.69, 9.17) is 0 Å². The molecular weight excluding hydrogens is 459 g/mol. The van der Waals surface area contributed by atoms with Crippen LogP contribution in [0.4, 0.5) is 4.39 Å². The lowest BCUT2D eigenvalue weighted by molar-refractivity contribution is -0.129. The number of nitrogens with one attached hydrogen (secondary N) is 1. The summed E-state index contributed by atoms with van der Waals surface area (Å²) < 4.78 is 15.2. The minimum Gasteiger partial charge on any atom is -0.396 e. The summed E-state index contributed by atoms with van der Waals surface area (Å²) in [6.45, 7) is 0.719. The molecule has 3 aliphatic rings. The summed E-state index contributed by atoms with van der Waals surface area (Å²) in [4.78, 5) is 33.7. The number of likely N-dealkylation sites (tertiary alicyclic amines) is 1. The molecule has 0 spiro atoms. The summed E-state index contributed by atoms with van der Waals surface area (Å²) in [5, 5.41) is 13.7. The van der Waals surface area contributed by atoms with Crippen LogP contribution in [0.5, 0.6) is 0 Å². The number of carbonyl (C=O) groups excluding carboxylic acids is 1. The molecule has 4 heterocycles. The Morgan fingerprint density at radius 3 is 2.58 bits per heavy atom. The summed E-state index contributed by atoms with van der Waals surface area (Å²) in [7, 11) is 0. The van der Waals surface area contributed by atoms with Gasteiger partial charge in [-0.25, -0.2) is 4.39 Å². The molecule has 0 bridgehead atoms. The summed E-state index contributed by atoms with van der Waals surface area (Å²) in [6.07, 6.45) is 4.83. The molecule has 6 rings (SSSR count). The molecule has 1 amide bonds. The number of hydrogen-bond donors (Lipinski definition) is 2. The molecule has 1 aliphatic carbocycles. The Morgan fingerprint density at radius 1 is 1.11 bits per heavy atom.